The Morgan fingerprint density at radius 3 is 2.59 bits per heavy atom. The number of anilines is 4. The van der Waals surface area contributed by atoms with Crippen molar-refractivity contribution in [1.82, 2.24) is 14.9 Å². The maximum absolute atomic E-state index is 6.42. The van der Waals surface area contributed by atoms with Crippen LogP contribution in [0.25, 0.3) is 0 Å². The molecule has 3 N–H and O–H groups in total. The minimum atomic E-state index is 0.414. The number of nitrogens with zero attached hydrogens (tertiary/aromatic N) is 4. The summed E-state index contributed by atoms with van der Waals surface area (Å²) in [6, 6.07) is 5.94. The van der Waals surface area contributed by atoms with E-state index >= 15 is 0 Å². The highest BCUT2D eigenvalue weighted by molar-refractivity contribution is 5.80. The van der Waals surface area contributed by atoms with Gasteiger partial charge in [0.2, 0.25) is 0 Å². The van der Waals surface area contributed by atoms with E-state index in [1.165, 1.54) is 6.33 Å². The first-order valence-electron chi connectivity index (χ1n) is 9.04. The van der Waals surface area contributed by atoms with Crippen molar-refractivity contribution in [2.75, 3.05) is 57.4 Å². The van der Waals surface area contributed by atoms with Gasteiger partial charge >= 0.3 is 0 Å². The average Bonchev–Trinajstić information content (AvgIpc) is 2.69. The first-order chi connectivity index (χ1) is 13.0. The summed E-state index contributed by atoms with van der Waals surface area (Å²) < 4.78 is 10.7. The molecule has 0 radical (unpaired) electrons. The van der Waals surface area contributed by atoms with E-state index in [4.69, 9.17) is 15.2 Å². The predicted octanol–water partition coefficient (Wildman–Crippen LogP) is 2.35. The number of piperidine rings is 1. The maximum Gasteiger partial charge on any atom is 0.159 e. The number of hydrogen-bond acceptors (Lipinski definition) is 8. The van der Waals surface area contributed by atoms with E-state index < -0.39 is 0 Å². The monoisotopic (exact) mass is 372 g/mol. The third-order valence-electron chi connectivity index (χ3n) is 5.09. The van der Waals surface area contributed by atoms with Crippen LogP contribution in [0.5, 0.6) is 11.5 Å². The fraction of sp³-hybridized carbons (Fsp3) is 0.474. The average molecular weight is 372 g/mol. The molecule has 0 atom stereocenters. The van der Waals surface area contributed by atoms with Gasteiger partial charge in [-0.1, -0.05) is 0 Å². The van der Waals surface area contributed by atoms with Crippen molar-refractivity contribution in [1.29, 1.82) is 0 Å². The van der Waals surface area contributed by atoms with Crippen LogP contribution in [0, 0.1) is 0 Å². The Bertz CT molecular complexity index is 777. The van der Waals surface area contributed by atoms with Crippen molar-refractivity contribution in [2.24, 2.45) is 0 Å². The van der Waals surface area contributed by atoms with Crippen LogP contribution in [0.2, 0.25) is 0 Å². The standard InChI is InChI=1S/C19H28N6O2/c1-24-9-7-13(8-10-24)25(2)19-17(20)18(21-12-22-19)23-15-11-14(26-3)5-6-16(15)27-4/h5-6,11-13H,7-10,20H2,1-4H3,(H,21,22,23). The summed E-state index contributed by atoms with van der Waals surface area (Å²) in [6.07, 6.45) is 3.71. The van der Waals surface area contributed by atoms with E-state index in [1.807, 2.05) is 25.2 Å². The lowest BCUT2D eigenvalue weighted by molar-refractivity contribution is 0.252. The number of rotatable bonds is 6. The van der Waals surface area contributed by atoms with Crippen LogP contribution < -0.4 is 25.4 Å². The van der Waals surface area contributed by atoms with E-state index in [9.17, 15) is 0 Å². The summed E-state index contributed by atoms with van der Waals surface area (Å²) in [4.78, 5) is 13.3. The number of nitrogens with two attached hydrogens (primary N) is 1. The highest BCUT2D eigenvalue weighted by Crippen LogP contribution is 2.35. The van der Waals surface area contributed by atoms with Gasteiger partial charge in [0.15, 0.2) is 11.6 Å². The smallest absolute Gasteiger partial charge is 0.159 e. The minimum Gasteiger partial charge on any atom is -0.497 e. The zero-order valence-electron chi connectivity index (χ0n) is 16.4. The van der Waals surface area contributed by atoms with Crippen LogP contribution in [0.3, 0.4) is 0 Å². The number of nitrogen functional groups attached to an aromatic ring is 1. The van der Waals surface area contributed by atoms with E-state index in [1.54, 1.807) is 14.2 Å². The van der Waals surface area contributed by atoms with Crippen LogP contribution in [0.1, 0.15) is 12.8 Å². The molecular weight excluding hydrogens is 344 g/mol. The second-order valence-corrected chi connectivity index (χ2v) is 6.80. The van der Waals surface area contributed by atoms with Gasteiger partial charge in [-0.2, -0.15) is 0 Å². The number of nitrogens with one attached hydrogen (secondary N) is 1. The van der Waals surface area contributed by atoms with Gasteiger partial charge in [0.05, 0.1) is 19.9 Å². The number of hydrogen-bond donors (Lipinski definition) is 2. The molecule has 27 heavy (non-hydrogen) atoms. The molecule has 1 aliphatic rings. The Balaban J connectivity index is 1.85. The third-order valence-corrected chi connectivity index (χ3v) is 5.09. The van der Waals surface area contributed by atoms with Crippen LogP contribution in [0.15, 0.2) is 24.5 Å². The Morgan fingerprint density at radius 2 is 1.93 bits per heavy atom. The van der Waals surface area contributed by atoms with Gasteiger partial charge in [0.25, 0.3) is 0 Å². The SMILES string of the molecule is COc1ccc(OC)c(Nc2ncnc(N(C)C3CCN(C)CC3)c2N)c1. The molecule has 1 aliphatic heterocycles. The van der Waals surface area contributed by atoms with Gasteiger partial charge in [-0.05, 0) is 45.1 Å². The van der Waals surface area contributed by atoms with Crippen LogP contribution in [0.4, 0.5) is 23.0 Å². The summed E-state index contributed by atoms with van der Waals surface area (Å²) in [7, 11) is 7.44. The Morgan fingerprint density at radius 1 is 1.19 bits per heavy atom. The Labute approximate surface area is 160 Å². The Kier molecular flexibility index (Phi) is 5.85. The highest BCUT2D eigenvalue weighted by Gasteiger charge is 2.24. The van der Waals surface area contributed by atoms with Crippen LogP contribution in [-0.2, 0) is 0 Å². The van der Waals surface area contributed by atoms with Crippen molar-refractivity contribution in [3.63, 3.8) is 0 Å². The largest absolute Gasteiger partial charge is 0.497 e. The summed E-state index contributed by atoms with van der Waals surface area (Å²) in [5.74, 6) is 2.68. The van der Waals surface area contributed by atoms with Gasteiger partial charge < -0.3 is 30.3 Å². The molecule has 1 fully saturated rings. The quantitative estimate of drug-likeness (QED) is 0.799. The van der Waals surface area contributed by atoms with Gasteiger partial charge in [0, 0.05) is 19.2 Å². The minimum absolute atomic E-state index is 0.414. The Hall–Kier alpha value is -2.74. The van der Waals surface area contributed by atoms with Crippen molar-refractivity contribution >= 4 is 23.0 Å². The number of aromatic nitrogens is 2. The lowest BCUT2D eigenvalue weighted by Crippen LogP contribution is -2.42. The zero-order chi connectivity index (χ0) is 19.4. The summed E-state index contributed by atoms with van der Waals surface area (Å²) in [5, 5.41) is 3.26. The van der Waals surface area contributed by atoms with Gasteiger partial charge in [-0.15, -0.1) is 0 Å². The number of benzene rings is 1. The van der Waals surface area contributed by atoms with Gasteiger partial charge in [-0.3, -0.25) is 0 Å². The summed E-state index contributed by atoms with van der Waals surface area (Å²) >= 11 is 0. The topological polar surface area (TPSA) is 88.8 Å². The molecule has 1 aromatic heterocycles. The first kappa shape index (κ1) is 19.0. The molecule has 146 valence electrons. The lowest BCUT2D eigenvalue weighted by atomic mass is 10.0. The first-order valence-corrected chi connectivity index (χ1v) is 9.04. The normalized spacial score (nSPS) is 15.4. The maximum atomic E-state index is 6.42. The van der Waals surface area contributed by atoms with E-state index in [2.05, 4.69) is 32.1 Å². The molecule has 2 aromatic rings. The molecule has 0 amide bonds. The van der Waals surface area contributed by atoms with E-state index in [0.29, 0.717) is 23.3 Å². The van der Waals surface area contributed by atoms with E-state index in [0.717, 1.165) is 43.2 Å². The molecule has 0 bridgehead atoms. The van der Waals surface area contributed by atoms with Gasteiger partial charge in [-0.25, -0.2) is 9.97 Å². The molecule has 2 heterocycles. The molecule has 0 aliphatic carbocycles. The number of methoxy groups -OCH3 is 2. The zero-order valence-corrected chi connectivity index (χ0v) is 16.4. The van der Waals surface area contributed by atoms with Crippen LogP contribution >= 0.6 is 0 Å². The molecule has 0 spiro atoms. The van der Waals surface area contributed by atoms with Gasteiger partial charge in [0.1, 0.15) is 23.5 Å². The number of likely N-dealkylation sites (tertiary alicyclic amines) is 1. The van der Waals surface area contributed by atoms with Crippen molar-refractivity contribution in [3.05, 3.63) is 24.5 Å². The molecule has 8 nitrogen and oxygen atoms in total. The molecule has 1 saturated heterocycles. The fourth-order valence-electron chi connectivity index (χ4n) is 3.36. The van der Waals surface area contributed by atoms with Crippen LogP contribution in [-0.4, -0.2) is 62.3 Å². The van der Waals surface area contributed by atoms with Crippen molar-refractivity contribution in [3.8, 4) is 11.5 Å². The van der Waals surface area contributed by atoms with Crippen molar-refractivity contribution < 1.29 is 9.47 Å². The molecule has 3 rings (SSSR count). The second kappa shape index (κ2) is 8.30. The summed E-state index contributed by atoms with van der Waals surface area (Å²) in [5.41, 5.74) is 7.67. The number of ether oxygens (including phenoxy) is 2. The molecule has 0 unspecified atom stereocenters. The fourth-order valence-corrected chi connectivity index (χ4v) is 3.36. The molecule has 0 saturated carbocycles. The second-order valence-electron chi connectivity index (χ2n) is 6.80. The molecular formula is C19H28N6O2. The van der Waals surface area contributed by atoms with Crippen molar-refractivity contribution in [2.45, 2.75) is 18.9 Å². The lowest BCUT2D eigenvalue weighted by Gasteiger charge is -2.36. The van der Waals surface area contributed by atoms with E-state index in [-0.39, 0.29) is 0 Å². The predicted molar refractivity (Wildman–Crippen MR) is 108 cm³/mol. The summed E-state index contributed by atoms with van der Waals surface area (Å²) in [6.45, 7) is 2.15. The third kappa shape index (κ3) is 4.16. The molecule has 8 heteroatoms. The molecule has 1 aromatic carbocycles. The highest BCUT2D eigenvalue weighted by atomic mass is 16.5.